The second-order valence-electron chi connectivity index (χ2n) is 11.1. The van der Waals surface area contributed by atoms with Crippen LogP contribution in [0.25, 0.3) is 0 Å². The average Bonchev–Trinajstić information content (AvgIpc) is 2.91. The molecule has 0 spiro atoms. The van der Waals surface area contributed by atoms with Crippen LogP contribution in [0.5, 0.6) is 0 Å². The van der Waals surface area contributed by atoms with Crippen LogP contribution in [0.1, 0.15) is 125 Å². The molecule has 0 aromatic carbocycles. The Bertz CT molecular complexity index is 797. The number of carbonyl (C=O) groups is 4. The van der Waals surface area contributed by atoms with Crippen LogP contribution < -0.4 is 21.7 Å². The molecular weight excluding hydrogens is 512 g/mol. The first kappa shape index (κ1) is 37.4. The van der Waals surface area contributed by atoms with Gasteiger partial charge in [0.05, 0.1) is 5.76 Å². The zero-order valence-electron chi connectivity index (χ0n) is 25.5. The molecule has 0 fully saturated rings. The van der Waals surface area contributed by atoms with Gasteiger partial charge in [0, 0.05) is 19.4 Å². The molecule has 10 heteroatoms. The molecule has 7 N–H and O–H groups in total. The van der Waals surface area contributed by atoms with Crippen LogP contribution in [0.4, 0.5) is 0 Å². The van der Waals surface area contributed by atoms with Crippen LogP contribution >= 0.6 is 0 Å². The number of nitrogens with one attached hydrogen (secondary N) is 3. The second kappa shape index (κ2) is 22.1. The van der Waals surface area contributed by atoms with Crippen LogP contribution in [0, 0.1) is 5.92 Å². The maximum absolute atomic E-state index is 13.2. The maximum atomic E-state index is 13.2. The molecule has 0 aromatic heterocycles. The molecule has 0 bridgehead atoms. The second-order valence-corrected chi connectivity index (χ2v) is 11.1. The Morgan fingerprint density at radius 2 is 1.30 bits per heavy atom. The van der Waals surface area contributed by atoms with E-state index in [4.69, 9.17) is 10.8 Å². The molecular formula is C30H56N4O6. The fourth-order valence-electron chi connectivity index (χ4n) is 4.29. The van der Waals surface area contributed by atoms with E-state index in [1.807, 2.05) is 20.8 Å². The highest BCUT2D eigenvalue weighted by Crippen LogP contribution is 2.13. The minimum atomic E-state index is -1.12. The summed E-state index contributed by atoms with van der Waals surface area (Å²) in [5.74, 6) is -2.16. The van der Waals surface area contributed by atoms with E-state index in [1.54, 1.807) is 13.8 Å². The number of nitrogens with two attached hydrogens (primary N) is 1. The zero-order chi connectivity index (χ0) is 30.5. The molecule has 4 atom stereocenters. The smallest absolute Gasteiger partial charge is 0.243 e. The van der Waals surface area contributed by atoms with Gasteiger partial charge in [0.2, 0.25) is 23.6 Å². The predicted octanol–water partition coefficient (Wildman–Crippen LogP) is 3.91. The van der Waals surface area contributed by atoms with Crippen LogP contribution in [0.15, 0.2) is 11.3 Å². The number of carbonyl (C=O) groups excluding carboxylic acids is 4. The van der Waals surface area contributed by atoms with Gasteiger partial charge in [0.15, 0.2) is 0 Å². The molecule has 0 saturated carbocycles. The van der Waals surface area contributed by atoms with Crippen LogP contribution in [0.3, 0.4) is 0 Å². The highest BCUT2D eigenvalue weighted by atomic mass is 16.3. The van der Waals surface area contributed by atoms with Gasteiger partial charge >= 0.3 is 0 Å². The Balaban J connectivity index is 4.96. The first-order valence-electron chi connectivity index (χ1n) is 15.1. The summed E-state index contributed by atoms with van der Waals surface area (Å²) in [4.78, 5) is 50.8. The van der Waals surface area contributed by atoms with Gasteiger partial charge in [-0.15, -0.1) is 0 Å². The number of aliphatic hydroxyl groups is 2. The Kier molecular flexibility index (Phi) is 20.7. The first-order chi connectivity index (χ1) is 19.0. The molecule has 0 aliphatic carbocycles. The summed E-state index contributed by atoms with van der Waals surface area (Å²) in [6, 6.07) is -2.82. The topological polar surface area (TPSA) is 171 Å². The summed E-state index contributed by atoms with van der Waals surface area (Å²) in [7, 11) is 0. The van der Waals surface area contributed by atoms with Crippen molar-refractivity contribution in [3.63, 3.8) is 0 Å². The summed E-state index contributed by atoms with van der Waals surface area (Å²) < 4.78 is 0. The number of hydrogen-bond donors (Lipinski definition) is 6. The predicted molar refractivity (Wildman–Crippen MR) is 158 cm³/mol. The highest BCUT2D eigenvalue weighted by molar-refractivity contribution is 5.94. The number of rotatable bonds is 23. The number of amides is 4. The highest BCUT2D eigenvalue weighted by Gasteiger charge is 2.31. The van der Waals surface area contributed by atoms with E-state index < -0.39 is 35.8 Å². The largest absolute Gasteiger partial charge is 0.512 e. The van der Waals surface area contributed by atoms with Crippen molar-refractivity contribution >= 4 is 23.6 Å². The van der Waals surface area contributed by atoms with Crippen LogP contribution in [-0.4, -0.2) is 58.6 Å². The van der Waals surface area contributed by atoms with E-state index in [-0.39, 0.29) is 30.6 Å². The molecule has 0 aliphatic heterocycles. The van der Waals surface area contributed by atoms with E-state index in [0.717, 1.165) is 51.4 Å². The molecule has 0 radical (unpaired) electrons. The summed E-state index contributed by atoms with van der Waals surface area (Å²) in [6.07, 6.45) is 11.1. The van der Waals surface area contributed by atoms with Crippen LogP contribution in [0.2, 0.25) is 0 Å². The van der Waals surface area contributed by atoms with Crippen molar-refractivity contribution in [3.8, 4) is 0 Å². The third kappa shape index (κ3) is 16.5. The van der Waals surface area contributed by atoms with E-state index in [2.05, 4.69) is 16.0 Å². The van der Waals surface area contributed by atoms with Crippen molar-refractivity contribution in [2.45, 2.75) is 143 Å². The van der Waals surface area contributed by atoms with Crippen molar-refractivity contribution in [1.82, 2.24) is 16.0 Å². The van der Waals surface area contributed by atoms with E-state index in [1.165, 1.54) is 6.42 Å². The lowest BCUT2D eigenvalue weighted by molar-refractivity contribution is -0.134. The number of unbranched alkanes of at least 4 members (excludes halogenated alkanes) is 8. The Labute approximate surface area is 241 Å². The van der Waals surface area contributed by atoms with Gasteiger partial charge < -0.3 is 31.9 Å². The van der Waals surface area contributed by atoms with Gasteiger partial charge in [0.25, 0.3) is 0 Å². The Morgan fingerprint density at radius 3 is 1.77 bits per heavy atom. The Hall–Kier alpha value is -2.62. The fourth-order valence-corrected chi connectivity index (χ4v) is 4.29. The number of allylic oxidation sites excluding steroid dienone is 1. The summed E-state index contributed by atoms with van der Waals surface area (Å²) in [5.41, 5.74) is 6.04. The minimum absolute atomic E-state index is 0.0334. The molecule has 0 rings (SSSR count). The molecule has 4 unspecified atom stereocenters. The SMILES string of the molecule is CCCC(NC(=O)C(NC(=O)CCCCCCCCCCCO)C(C)CC)C(=O)NC(CC(O)=C(C)C)C(N)=O. The molecule has 0 aliphatic rings. The van der Waals surface area contributed by atoms with E-state index in [0.29, 0.717) is 31.3 Å². The van der Waals surface area contributed by atoms with Crippen molar-refractivity contribution in [3.05, 3.63) is 11.3 Å². The first-order valence-corrected chi connectivity index (χ1v) is 15.1. The van der Waals surface area contributed by atoms with Crippen LogP contribution in [-0.2, 0) is 19.2 Å². The lowest BCUT2D eigenvalue weighted by Crippen LogP contribution is -2.57. The number of primary amides is 1. The molecule has 0 saturated heterocycles. The summed E-state index contributed by atoms with van der Waals surface area (Å²) >= 11 is 0. The Morgan fingerprint density at radius 1 is 0.775 bits per heavy atom. The van der Waals surface area contributed by atoms with Gasteiger partial charge in [-0.3, -0.25) is 19.2 Å². The van der Waals surface area contributed by atoms with Gasteiger partial charge in [-0.2, -0.15) is 0 Å². The molecule has 232 valence electrons. The van der Waals surface area contributed by atoms with Crippen molar-refractivity contribution in [2.24, 2.45) is 11.7 Å². The van der Waals surface area contributed by atoms with Gasteiger partial charge in [0.1, 0.15) is 18.1 Å². The summed E-state index contributed by atoms with van der Waals surface area (Å²) in [6.45, 7) is 9.32. The third-order valence-electron chi connectivity index (χ3n) is 7.22. The lowest BCUT2D eigenvalue weighted by atomic mass is 9.97. The molecule has 0 heterocycles. The van der Waals surface area contributed by atoms with Crippen molar-refractivity contribution in [1.29, 1.82) is 0 Å². The lowest BCUT2D eigenvalue weighted by Gasteiger charge is -2.27. The number of hydrogen-bond acceptors (Lipinski definition) is 6. The molecule has 0 aromatic rings. The zero-order valence-corrected chi connectivity index (χ0v) is 25.5. The normalized spacial score (nSPS) is 13.9. The summed E-state index contributed by atoms with van der Waals surface area (Å²) in [5, 5.41) is 27.0. The maximum Gasteiger partial charge on any atom is 0.243 e. The monoisotopic (exact) mass is 568 g/mol. The van der Waals surface area contributed by atoms with E-state index >= 15 is 0 Å². The molecule has 4 amide bonds. The van der Waals surface area contributed by atoms with Gasteiger partial charge in [-0.25, -0.2) is 0 Å². The standard InChI is InChI=1S/C30H56N4O6/c1-6-17-23(29(39)33-24(28(31)38)20-25(36)21(3)4)32-30(40)27(22(5)7-2)34-26(37)18-15-13-11-9-8-10-12-14-16-19-35/h22-24,27,35-36H,6-20H2,1-5H3,(H2,31,38)(H,32,40)(H,33,39)(H,34,37). The van der Waals surface area contributed by atoms with Gasteiger partial charge in [-0.05, 0) is 44.6 Å². The van der Waals surface area contributed by atoms with E-state index in [9.17, 15) is 24.3 Å². The molecule has 10 nitrogen and oxygen atoms in total. The fraction of sp³-hybridized carbons (Fsp3) is 0.800. The van der Waals surface area contributed by atoms with Crippen molar-refractivity contribution in [2.75, 3.05) is 6.61 Å². The van der Waals surface area contributed by atoms with Gasteiger partial charge in [-0.1, -0.05) is 78.6 Å². The molecule has 40 heavy (non-hydrogen) atoms. The number of aliphatic hydroxyl groups excluding tert-OH is 2. The third-order valence-corrected chi connectivity index (χ3v) is 7.22. The minimum Gasteiger partial charge on any atom is -0.512 e. The average molecular weight is 569 g/mol. The van der Waals surface area contributed by atoms with Crippen molar-refractivity contribution < 1.29 is 29.4 Å². The quantitative estimate of drug-likeness (QED) is 0.0806.